The van der Waals surface area contributed by atoms with Gasteiger partial charge < -0.3 is 15.4 Å². The second-order valence-electron chi connectivity index (χ2n) is 8.07. The molecule has 0 aliphatic rings. The van der Waals surface area contributed by atoms with Gasteiger partial charge in [-0.05, 0) is 54.8 Å². The van der Waals surface area contributed by atoms with E-state index in [0.717, 1.165) is 16.7 Å². The number of hydrogen-bond acceptors (Lipinski definition) is 3. The number of carbonyl (C=O) groups excluding carboxylic acids is 2. The van der Waals surface area contributed by atoms with E-state index in [9.17, 15) is 9.59 Å². The van der Waals surface area contributed by atoms with E-state index in [1.165, 1.54) is 0 Å². The molecule has 0 radical (unpaired) electrons. The highest BCUT2D eigenvalue weighted by atomic mass is 35.5. The molecule has 0 aromatic heterocycles. The zero-order valence-corrected chi connectivity index (χ0v) is 19.6. The smallest absolute Gasteiger partial charge is 0.251 e. The minimum absolute atomic E-state index is 0.117. The van der Waals surface area contributed by atoms with E-state index in [1.807, 2.05) is 68.4 Å². The Kier molecular flexibility index (Phi) is 9.04. The van der Waals surface area contributed by atoms with Crippen LogP contribution in [0.5, 0.6) is 0 Å². The van der Waals surface area contributed by atoms with Crippen molar-refractivity contribution in [2.75, 3.05) is 0 Å². The van der Waals surface area contributed by atoms with Crippen LogP contribution in [0, 0.1) is 0 Å². The van der Waals surface area contributed by atoms with Crippen LogP contribution < -0.4 is 10.6 Å². The molecule has 0 aliphatic carbocycles. The molecule has 6 heteroatoms. The summed E-state index contributed by atoms with van der Waals surface area (Å²) in [6, 6.07) is 23.3. The summed E-state index contributed by atoms with van der Waals surface area (Å²) in [5, 5.41) is 6.40. The fourth-order valence-corrected chi connectivity index (χ4v) is 3.46. The standard InChI is InChI=1S/C27H29ClN2O3/c1-19(2)33-18-23-11-7-6-10-22(23)17-29-27(32)25(16-20-8-4-3-5-9-20)30-26(31)21-12-14-24(28)15-13-21/h3-15,19,25H,16-18H2,1-2H3,(H,29,32)(H,30,31). The van der Waals surface area contributed by atoms with Crippen molar-refractivity contribution in [3.63, 3.8) is 0 Å². The average Bonchev–Trinajstić information content (AvgIpc) is 2.82. The molecule has 1 atom stereocenters. The van der Waals surface area contributed by atoms with Crippen LogP contribution in [0.25, 0.3) is 0 Å². The SMILES string of the molecule is CC(C)OCc1ccccc1CNC(=O)C(Cc1ccccc1)NC(=O)c1ccc(Cl)cc1. The molecule has 5 nitrogen and oxygen atoms in total. The van der Waals surface area contributed by atoms with Crippen molar-refractivity contribution in [1.82, 2.24) is 10.6 Å². The second-order valence-corrected chi connectivity index (χ2v) is 8.51. The minimum atomic E-state index is -0.727. The van der Waals surface area contributed by atoms with Gasteiger partial charge in [-0.3, -0.25) is 9.59 Å². The number of hydrogen-bond donors (Lipinski definition) is 2. The summed E-state index contributed by atoms with van der Waals surface area (Å²) < 4.78 is 5.73. The predicted octanol–water partition coefficient (Wildman–Crippen LogP) is 4.92. The molecule has 33 heavy (non-hydrogen) atoms. The molecule has 0 bridgehead atoms. The van der Waals surface area contributed by atoms with E-state index >= 15 is 0 Å². The Morgan fingerprint density at radius 3 is 2.18 bits per heavy atom. The first-order valence-electron chi connectivity index (χ1n) is 11.0. The van der Waals surface area contributed by atoms with E-state index in [-0.39, 0.29) is 17.9 Å². The summed E-state index contributed by atoms with van der Waals surface area (Å²) in [5.41, 5.74) is 3.41. The van der Waals surface area contributed by atoms with Crippen LogP contribution in [0.3, 0.4) is 0 Å². The van der Waals surface area contributed by atoms with Gasteiger partial charge in [0.1, 0.15) is 6.04 Å². The second kappa shape index (κ2) is 12.2. The molecule has 2 N–H and O–H groups in total. The van der Waals surface area contributed by atoms with Gasteiger partial charge in [0.15, 0.2) is 0 Å². The molecule has 0 heterocycles. The number of nitrogens with one attached hydrogen (secondary N) is 2. The Morgan fingerprint density at radius 1 is 0.879 bits per heavy atom. The maximum absolute atomic E-state index is 13.1. The molecule has 1 unspecified atom stereocenters. The highest BCUT2D eigenvalue weighted by Gasteiger charge is 2.22. The largest absolute Gasteiger partial charge is 0.374 e. The van der Waals surface area contributed by atoms with Crippen molar-refractivity contribution in [3.8, 4) is 0 Å². The van der Waals surface area contributed by atoms with Crippen LogP contribution in [-0.4, -0.2) is 24.0 Å². The Bertz CT molecular complexity index is 1050. The van der Waals surface area contributed by atoms with Crippen LogP contribution in [-0.2, 0) is 29.1 Å². The molecular weight excluding hydrogens is 436 g/mol. The molecule has 0 aliphatic heterocycles. The van der Waals surface area contributed by atoms with E-state index in [2.05, 4.69) is 10.6 Å². The number of halogens is 1. The van der Waals surface area contributed by atoms with Gasteiger partial charge in [0.2, 0.25) is 5.91 Å². The fraction of sp³-hybridized carbons (Fsp3) is 0.259. The zero-order chi connectivity index (χ0) is 23.6. The average molecular weight is 465 g/mol. The normalized spacial score (nSPS) is 11.8. The topological polar surface area (TPSA) is 67.4 Å². The molecule has 0 fully saturated rings. The monoisotopic (exact) mass is 464 g/mol. The van der Waals surface area contributed by atoms with Crippen molar-refractivity contribution >= 4 is 23.4 Å². The lowest BCUT2D eigenvalue weighted by molar-refractivity contribution is -0.123. The Morgan fingerprint density at radius 2 is 1.52 bits per heavy atom. The van der Waals surface area contributed by atoms with Crippen LogP contribution in [0.4, 0.5) is 0 Å². The zero-order valence-electron chi connectivity index (χ0n) is 18.9. The fourth-order valence-electron chi connectivity index (χ4n) is 3.33. The summed E-state index contributed by atoms with van der Waals surface area (Å²) in [4.78, 5) is 25.9. The Hall–Kier alpha value is -3.15. The van der Waals surface area contributed by atoms with Gasteiger partial charge in [0.05, 0.1) is 12.7 Å². The van der Waals surface area contributed by atoms with Crippen LogP contribution >= 0.6 is 11.6 Å². The van der Waals surface area contributed by atoms with Crippen LogP contribution in [0.2, 0.25) is 5.02 Å². The third-order valence-corrected chi connectivity index (χ3v) is 5.41. The minimum Gasteiger partial charge on any atom is -0.374 e. The van der Waals surface area contributed by atoms with Gasteiger partial charge in [-0.2, -0.15) is 0 Å². The molecule has 3 aromatic carbocycles. The van der Waals surface area contributed by atoms with E-state index < -0.39 is 6.04 Å². The molecule has 0 saturated heterocycles. The Balaban J connectivity index is 1.71. The summed E-state index contributed by atoms with van der Waals surface area (Å²) in [5.74, 6) is -0.575. The number of amides is 2. The molecule has 3 aromatic rings. The van der Waals surface area contributed by atoms with Gasteiger partial charge in [-0.15, -0.1) is 0 Å². The third-order valence-electron chi connectivity index (χ3n) is 5.15. The first-order valence-corrected chi connectivity index (χ1v) is 11.4. The number of rotatable bonds is 10. The third kappa shape index (κ3) is 7.74. The highest BCUT2D eigenvalue weighted by Crippen LogP contribution is 2.13. The summed E-state index contributed by atoms with van der Waals surface area (Å²) in [6.45, 7) is 4.80. The van der Waals surface area contributed by atoms with Crippen molar-refractivity contribution < 1.29 is 14.3 Å². The van der Waals surface area contributed by atoms with E-state index in [4.69, 9.17) is 16.3 Å². The first-order chi connectivity index (χ1) is 15.9. The number of ether oxygens (including phenoxy) is 1. The van der Waals surface area contributed by atoms with Gasteiger partial charge in [0, 0.05) is 23.6 Å². The molecule has 2 amide bonds. The number of carbonyl (C=O) groups is 2. The van der Waals surface area contributed by atoms with Gasteiger partial charge in [-0.25, -0.2) is 0 Å². The van der Waals surface area contributed by atoms with Crippen LogP contribution in [0.1, 0.15) is 40.9 Å². The lowest BCUT2D eigenvalue weighted by atomic mass is 10.0. The summed E-state index contributed by atoms with van der Waals surface area (Å²) >= 11 is 5.93. The number of benzene rings is 3. The van der Waals surface area contributed by atoms with E-state index in [1.54, 1.807) is 24.3 Å². The van der Waals surface area contributed by atoms with Crippen molar-refractivity contribution in [3.05, 3.63) is 106 Å². The molecule has 172 valence electrons. The lowest BCUT2D eigenvalue weighted by Gasteiger charge is -2.20. The van der Waals surface area contributed by atoms with Crippen molar-refractivity contribution in [1.29, 1.82) is 0 Å². The molecule has 0 saturated carbocycles. The lowest BCUT2D eigenvalue weighted by Crippen LogP contribution is -2.47. The Labute approximate surface area is 200 Å². The maximum Gasteiger partial charge on any atom is 0.251 e. The highest BCUT2D eigenvalue weighted by molar-refractivity contribution is 6.30. The van der Waals surface area contributed by atoms with Crippen molar-refractivity contribution in [2.45, 2.75) is 45.6 Å². The molecule has 3 rings (SSSR count). The maximum atomic E-state index is 13.1. The summed E-state index contributed by atoms with van der Waals surface area (Å²) in [6.07, 6.45) is 0.496. The van der Waals surface area contributed by atoms with Gasteiger partial charge in [-0.1, -0.05) is 66.2 Å². The van der Waals surface area contributed by atoms with Gasteiger partial charge >= 0.3 is 0 Å². The molecule has 0 spiro atoms. The first kappa shape index (κ1) is 24.5. The quantitative estimate of drug-likeness (QED) is 0.447. The van der Waals surface area contributed by atoms with Gasteiger partial charge in [0.25, 0.3) is 5.91 Å². The predicted molar refractivity (Wildman–Crippen MR) is 131 cm³/mol. The summed E-state index contributed by atoms with van der Waals surface area (Å²) in [7, 11) is 0. The molecular formula is C27H29ClN2O3. The van der Waals surface area contributed by atoms with Crippen LogP contribution in [0.15, 0.2) is 78.9 Å². The van der Waals surface area contributed by atoms with E-state index in [0.29, 0.717) is 30.2 Å². The van der Waals surface area contributed by atoms with Crippen molar-refractivity contribution in [2.24, 2.45) is 0 Å².